The first-order chi connectivity index (χ1) is 10.1. The Kier molecular flexibility index (Phi) is 3.06. The SMILES string of the molecule is CC(C1CC1)n1nc(C2CCCC2)c2cc(C(=O)O)sc21. The number of carbonyl (C=O) groups is 1. The minimum atomic E-state index is -0.820. The van der Waals surface area contributed by atoms with Gasteiger partial charge >= 0.3 is 5.97 Å². The van der Waals surface area contributed by atoms with Crippen LogP contribution < -0.4 is 0 Å². The average Bonchev–Trinajstić information content (AvgIpc) is 2.90. The molecule has 0 bridgehead atoms. The van der Waals surface area contributed by atoms with E-state index >= 15 is 0 Å². The fraction of sp³-hybridized carbons (Fsp3) is 0.625. The molecule has 2 aromatic heterocycles. The molecule has 2 aromatic rings. The Morgan fingerprint density at radius 3 is 2.71 bits per heavy atom. The molecule has 2 aliphatic carbocycles. The molecule has 112 valence electrons. The third kappa shape index (κ3) is 2.18. The van der Waals surface area contributed by atoms with Crippen LogP contribution in [0.1, 0.15) is 72.8 Å². The van der Waals surface area contributed by atoms with Crippen molar-refractivity contribution in [2.24, 2.45) is 5.92 Å². The van der Waals surface area contributed by atoms with Crippen LogP contribution in [0.15, 0.2) is 6.07 Å². The normalized spacial score (nSPS) is 21.2. The van der Waals surface area contributed by atoms with Gasteiger partial charge in [-0.2, -0.15) is 5.10 Å². The smallest absolute Gasteiger partial charge is 0.345 e. The zero-order chi connectivity index (χ0) is 14.6. The van der Waals surface area contributed by atoms with Gasteiger partial charge in [0, 0.05) is 11.3 Å². The summed E-state index contributed by atoms with van der Waals surface area (Å²) >= 11 is 1.39. The topological polar surface area (TPSA) is 55.1 Å². The van der Waals surface area contributed by atoms with Gasteiger partial charge in [0.1, 0.15) is 9.71 Å². The van der Waals surface area contributed by atoms with E-state index in [1.165, 1.54) is 49.9 Å². The van der Waals surface area contributed by atoms with E-state index in [9.17, 15) is 9.90 Å². The molecule has 0 aliphatic heterocycles. The lowest BCUT2D eigenvalue weighted by Gasteiger charge is -2.11. The number of fused-ring (bicyclic) bond motifs is 1. The molecular weight excluding hydrogens is 284 g/mol. The van der Waals surface area contributed by atoms with Gasteiger partial charge in [-0.25, -0.2) is 4.79 Å². The van der Waals surface area contributed by atoms with Crippen molar-refractivity contribution in [1.82, 2.24) is 9.78 Å². The number of carboxylic acids is 1. The Labute approximate surface area is 127 Å². The first-order valence-corrected chi connectivity index (χ1v) is 8.72. The van der Waals surface area contributed by atoms with Crippen molar-refractivity contribution in [3.63, 3.8) is 0 Å². The van der Waals surface area contributed by atoms with E-state index in [1.54, 1.807) is 0 Å². The lowest BCUT2D eigenvalue weighted by Crippen LogP contribution is -2.09. The number of aromatic carboxylic acids is 1. The summed E-state index contributed by atoms with van der Waals surface area (Å²) in [4.78, 5) is 12.8. The van der Waals surface area contributed by atoms with Gasteiger partial charge in [0.2, 0.25) is 0 Å². The molecule has 21 heavy (non-hydrogen) atoms. The highest BCUT2D eigenvalue weighted by atomic mass is 32.1. The molecule has 0 saturated heterocycles. The van der Waals surface area contributed by atoms with Crippen LogP contribution in [0.4, 0.5) is 0 Å². The van der Waals surface area contributed by atoms with Crippen LogP contribution in [0.5, 0.6) is 0 Å². The van der Waals surface area contributed by atoms with Crippen molar-refractivity contribution >= 4 is 27.5 Å². The Balaban J connectivity index is 1.85. The zero-order valence-corrected chi connectivity index (χ0v) is 13.0. The van der Waals surface area contributed by atoms with Crippen LogP contribution in [0.2, 0.25) is 0 Å². The summed E-state index contributed by atoms with van der Waals surface area (Å²) in [6, 6.07) is 2.24. The number of carboxylic acid groups (broad SMARTS) is 1. The maximum absolute atomic E-state index is 11.3. The van der Waals surface area contributed by atoms with Gasteiger partial charge in [-0.1, -0.05) is 12.8 Å². The summed E-state index contributed by atoms with van der Waals surface area (Å²) in [5, 5.41) is 15.3. The van der Waals surface area contributed by atoms with Crippen molar-refractivity contribution in [3.05, 3.63) is 16.6 Å². The molecular formula is C16H20N2O2S. The molecule has 2 saturated carbocycles. The second kappa shape index (κ2) is 4.83. The highest BCUT2D eigenvalue weighted by Gasteiger charge is 2.33. The van der Waals surface area contributed by atoms with Gasteiger partial charge in [-0.15, -0.1) is 11.3 Å². The van der Waals surface area contributed by atoms with Crippen molar-refractivity contribution in [3.8, 4) is 0 Å². The van der Waals surface area contributed by atoms with E-state index in [0.717, 1.165) is 21.8 Å². The summed E-state index contributed by atoms with van der Waals surface area (Å²) in [6.07, 6.45) is 7.49. The van der Waals surface area contributed by atoms with Crippen molar-refractivity contribution < 1.29 is 9.90 Å². The van der Waals surface area contributed by atoms with Crippen LogP contribution in [0, 0.1) is 5.92 Å². The third-order valence-corrected chi connectivity index (χ3v) is 6.17. The highest BCUT2D eigenvalue weighted by Crippen LogP contribution is 2.44. The Bertz CT molecular complexity index is 658. The van der Waals surface area contributed by atoms with Crippen molar-refractivity contribution in [2.75, 3.05) is 0 Å². The third-order valence-electron chi connectivity index (χ3n) is 5.05. The summed E-state index contributed by atoms with van der Waals surface area (Å²) < 4.78 is 2.12. The summed E-state index contributed by atoms with van der Waals surface area (Å²) in [5.41, 5.74) is 1.15. The van der Waals surface area contributed by atoms with Crippen LogP contribution >= 0.6 is 11.3 Å². The molecule has 4 rings (SSSR count). The molecule has 2 aliphatic rings. The molecule has 0 aromatic carbocycles. The number of hydrogen-bond donors (Lipinski definition) is 1. The van der Waals surface area contributed by atoms with Crippen molar-refractivity contribution in [2.45, 2.75) is 57.4 Å². The maximum atomic E-state index is 11.3. The fourth-order valence-corrected chi connectivity index (χ4v) is 4.66. The van der Waals surface area contributed by atoms with Crippen LogP contribution in [0.25, 0.3) is 10.2 Å². The van der Waals surface area contributed by atoms with Gasteiger partial charge < -0.3 is 5.11 Å². The summed E-state index contributed by atoms with van der Waals surface area (Å²) in [5.74, 6) is 0.426. The molecule has 1 atom stereocenters. The Hall–Kier alpha value is -1.36. The van der Waals surface area contributed by atoms with E-state index in [-0.39, 0.29) is 0 Å². The van der Waals surface area contributed by atoms with Crippen molar-refractivity contribution in [1.29, 1.82) is 0 Å². The van der Waals surface area contributed by atoms with Crippen LogP contribution in [-0.2, 0) is 0 Å². The number of rotatable bonds is 4. The van der Waals surface area contributed by atoms with Gasteiger partial charge in [0.05, 0.1) is 11.7 Å². The lowest BCUT2D eigenvalue weighted by atomic mass is 10.0. The second-order valence-electron chi connectivity index (χ2n) is 6.52. The zero-order valence-electron chi connectivity index (χ0n) is 12.2. The largest absolute Gasteiger partial charge is 0.477 e. The molecule has 1 unspecified atom stereocenters. The highest BCUT2D eigenvalue weighted by molar-refractivity contribution is 7.20. The van der Waals surface area contributed by atoms with Gasteiger partial charge in [0.25, 0.3) is 0 Å². The number of thiophene rings is 1. The van der Waals surface area contributed by atoms with Gasteiger partial charge in [0.15, 0.2) is 0 Å². The average molecular weight is 304 g/mol. The second-order valence-corrected chi connectivity index (χ2v) is 7.55. The molecule has 2 heterocycles. The minimum absolute atomic E-state index is 0.392. The summed E-state index contributed by atoms with van der Waals surface area (Å²) in [6.45, 7) is 2.22. The predicted octanol–water partition coefficient (Wildman–Crippen LogP) is 4.42. The standard InChI is InChI=1S/C16H20N2O2S/c1-9(10-6-7-10)18-15-12(8-13(21-15)16(19)20)14(17-18)11-4-2-3-5-11/h8-11H,2-7H2,1H3,(H,19,20). The molecule has 0 spiro atoms. The lowest BCUT2D eigenvalue weighted by molar-refractivity contribution is 0.0702. The molecule has 1 N–H and O–H groups in total. The minimum Gasteiger partial charge on any atom is -0.477 e. The number of nitrogens with zero attached hydrogens (tertiary/aromatic N) is 2. The first kappa shape index (κ1) is 13.3. The monoisotopic (exact) mass is 304 g/mol. The van der Waals surface area contributed by atoms with E-state index in [1.807, 2.05) is 6.07 Å². The first-order valence-electron chi connectivity index (χ1n) is 7.90. The van der Waals surface area contributed by atoms with Crippen LogP contribution in [0.3, 0.4) is 0 Å². The molecule has 0 radical (unpaired) electrons. The van der Waals surface area contributed by atoms with Crippen LogP contribution in [-0.4, -0.2) is 20.9 Å². The van der Waals surface area contributed by atoms with E-state index in [2.05, 4.69) is 11.6 Å². The van der Waals surface area contributed by atoms with E-state index in [0.29, 0.717) is 16.8 Å². The van der Waals surface area contributed by atoms with E-state index < -0.39 is 5.97 Å². The van der Waals surface area contributed by atoms with Gasteiger partial charge in [-0.3, -0.25) is 4.68 Å². The summed E-state index contributed by atoms with van der Waals surface area (Å²) in [7, 11) is 0. The predicted molar refractivity (Wildman–Crippen MR) is 83.2 cm³/mol. The number of aromatic nitrogens is 2. The molecule has 4 nitrogen and oxygen atoms in total. The molecule has 2 fully saturated rings. The maximum Gasteiger partial charge on any atom is 0.345 e. The quantitative estimate of drug-likeness (QED) is 0.909. The van der Waals surface area contributed by atoms with E-state index in [4.69, 9.17) is 5.10 Å². The fourth-order valence-electron chi connectivity index (χ4n) is 3.61. The molecule has 5 heteroatoms. The Morgan fingerprint density at radius 1 is 1.38 bits per heavy atom. The number of hydrogen-bond acceptors (Lipinski definition) is 3. The Morgan fingerprint density at radius 2 is 2.10 bits per heavy atom. The van der Waals surface area contributed by atoms with Gasteiger partial charge in [-0.05, 0) is 44.6 Å². The molecule has 0 amide bonds.